The van der Waals surface area contributed by atoms with Crippen molar-refractivity contribution >= 4 is 52.5 Å². The number of amides is 4. The molecule has 2 aliphatic heterocycles. The molecule has 2 saturated heterocycles. The van der Waals surface area contributed by atoms with Crippen LogP contribution in [0.2, 0.25) is 0 Å². The van der Waals surface area contributed by atoms with Crippen LogP contribution in [-0.2, 0) is 25.8 Å². The molecule has 0 bridgehead atoms. The fraction of sp³-hybridized carbons (Fsp3) is 0.385. The third-order valence-corrected chi connectivity index (χ3v) is 9.56. The van der Waals surface area contributed by atoms with Crippen molar-refractivity contribution in [1.82, 2.24) is 4.90 Å². The van der Waals surface area contributed by atoms with Crippen molar-refractivity contribution < 1.29 is 28.7 Å². The molecule has 186 valence electrons. The van der Waals surface area contributed by atoms with E-state index in [0.717, 1.165) is 4.90 Å². The molecule has 0 radical (unpaired) electrons. The van der Waals surface area contributed by atoms with Crippen LogP contribution >= 0.6 is 23.2 Å². The van der Waals surface area contributed by atoms with E-state index in [9.17, 15) is 24.3 Å². The van der Waals surface area contributed by atoms with Crippen molar-refractivity contribution in [3.05, 3.63) is 65.6 Å². The van der Waals surface area contributed by atoms with Gasteiger partial charge in [-0.15, -0.1) is 23.2 Å². The van der Waals surface area contributed by atoms with E-state index in [4.69, 9.17) is 27.6 Å². The van der Waals surface area contributed by atoms with Crippen LogP contribution in [0.4, 0.5) is 5.69 Å². The second kappa shape index (κ2) is 7.78. The van der Waals surface area contributed by atoms with Crippen molar-refractivity contribution in [1.29, 1.82) is 0 Å². The maximum atomic E-state index is 13.8. The molecule has 4 amide bonds. The Bertz CT molecular complexity index is 1360. The number of furan rings is 1. The number of anilines is 1. The van der Waals surface area contributed by atoms with Gasteiger partial charge < -0.3 is 9.52 Å². The van der Waals surface area contributed by atoms with Gasteiger partial charge in [-0.25, -0.2) is 0 Å². The second-order valence-corrected chi connectivity index (χ2v) is 11.0. The minimum atomic E-state index is -1.90. The molecule has 2 aromatic rings. The standard InChI is InChI=1S/C26H22Cl2N2O6/c1-29-23(34)25(27)11-17-15(20(26(25,28)24(29)35)18-10-7-14(12-31)36-18)8-9-16-19(17)22(33)30(21(16)32)13-5-3-2-4-6-13/h2-8,10,16-17,19-20,31H,9,11-12H2,1H3. The zero-order chi connectivity index (χ0) is 25.6. The molecule has 4 aliphatic rings. The van der Waals surface area contributed by atoms with E-state index in [2.05, 4.69) is 0 Å². The van der Waals surface area contributed by atoms with E-state index in [1.54, 1.807) is 42.5 Å². The number of likely N-dealkylation sites (tertiary alicyclic amines) is 1. The highest BCUT2D eigenvalue weighted by atomic mass is 35.5. The van der Waals surface area contributed by atoms with Gasteiger partial charge in [0.15, 0.2) is 9.75 Å². The first-order valence-corrected chi connectivity index (χ1v) is 12.4. The van der Waals surface area contributed by atoms with Crippen LogP contribution in [0.15, 0.2) is 58.5 Å². The maximum absolute atomic E-state index is 13.8. The minimum absolute atomic E-state index is 0.0777. The molecule has 0 spiro atoms. The number of alkyl halides is 2. The van der Waals surface area contributed by atoms with Gasteiger partial charge in [-0.1, -0.05) is 29.8 Å². The number of aliphatic hydroxyl groups excluding tert-OH is 1. The first-order valence-electron chi connectivity index (χ1n) is 11.7. The average molecular weight is 529 g/mol. The summed E-state index contributed by atoms with van der Waals surface area (Å²) >= 11 is 14.1. The van der Waals surface area contributed by atoms with Crippen LogP contribution in [0.5, 0.6) is 0 Å². The summed E-state index contributed by atoms with van der Waals surface area (Å²) in [5.74, 6) is -4.42. The third-order valence-electron chi connectivity index (χ3n) is 8.15. The molecule has 3 fully saturated rings. The molecule has 10 heteroatoms. The van der Waals surface area contributed by atoms with Gasteiger partial charge in [-0.2, -0.15) is 0 Å². The average Bonchev–Trinajstić information content (AvgIpc) is 3.49. The molecule has 2 aliphatic carbocycles. The predicted molar refractivity (Wildman–Crippen MR) is 129 cm³/mol. The quantitative estimate of drug-likeness (QED) is 0.372. The Morgan fingerprint density at radius 3 is 2.39 bits per heavy atom. The number of hydrogen-bond acceptors (Lipinski definition) is 6. The Morgan fingerprint density at radius 2 is 1.72 bits per heavy atom. The van der Waals surface area contributed by atoms with Crippen molar-refractivity contribution in [3.8, 4) is 0 Å². The number of imide groups is 2. The van der Waals surface area contributed by atoms with E-state index in [0.29, 0.717) is 11.3 Å². The number of fused-ring (bicyclic) bond motifs is 4. The number of para-hydroxylation sites is 1. The van der Waals surface area contributed by atoms with Crippen molar-refractivity contribution in [2.24, 2.45) is 17.8 Å². The summed E-state index contributed by atoms with van der Waals surface area (Å²) in [4.78, 5) is 52.3. The summed E-state index contributed by atoms with van der Waals surface area (Å²) < 4.78 is 5.83. The lowest BCUT2D eigenvalue weighted by atomic mass is 9.57. The Kier molecular flexibility index (Phi) is 5.07. The predicted octanol–water partition coefficient (Wildman–Crippen LogP) is 2.97. The highest BCUT2D eigenvalue weighted by Gasteiger charge is 2.76. The summed E-state index contributed by atoms with van der Waals surface area (Å²) in [5.41, 5.74) is 1.13. The Hall–Kier alpha value is -2.94. The first-order chi connectivity index (χ1) is 17.1. The van der Waals surface area contributed by atoms with E-state index >= 15 is 0 Å². The van der Waals surface area contributed by atoms with Crippen LogP contribution in [0, 0.1) is 17.8 Å². The van der Waals surface area contributed by atoms with Crippen molar-refractivity contribution in [2.45, 2.75) is 35.1 Å². The molecular formula is C26H22Cl2N2O6. The molecule has 36 heavy (non-hydrogen) atoms. The van der Waals surface area contributed by atoms with E-state index in [-0.39, 0.29) is 42.8 Å². The molecule has 6 rings (SSSR count). The van der Waals surface area contributed by atoms with Crippen LogP contribution in [0.25, 0.3) is 0 Å². The normalized spacial score (nSPS) is 35.6. The lowest BCUT2D eigenvalue weighted by Gasteiger charge is -2.49. The molecule has 8 nitrogen and oxygen atoms in total. The fourth-order valence-corrected chi connectivity index (χ4v) is 7.52. The molecule has 1 aromatic heterocycles. The van der Waals surface area contributed by atoms with Gasteiger partial charge in [0.05, 0.1) is 23.4 Å². The minimum Gasteiger partial charge on any atom is -0.463 e. The fourth-order valence-electron chi connectivity index (χ4n) is 6.52. The zero-order valence-corrected chi connectivity index (χ0v) is 20.7. The lowest BCUT2D eigenvalue weighted by molar-refractivity contribution is -0.138. The number of carbonyl (C=O) groups excluding carboxylic acids is 4. The van der Waals surface area contributed by atoms with Crippen LogP contribution in [0.1, 0.15) is 30.3 Å². The maximum Gasteiger partial charge on any atom is 0.253 e. The van der Waals surface area contributed by atoms with Crippen LogP contribution in [-0.4, -0.2) is 50.4 Å². The van der Waals surface area contributed by atoms with Gasteiger partial charge in [-0.05, 0) is 43.0 Å². The smallest absolute Gasteiger partial charge is 0.253 e. The Morgan fingerprint density at radius 1 is 1.00 bits per heavy atom. The lowest BCUT2D eigenvalue weighted by Crippen LogP contribution is -2.60. The van der Waals surface area contributed by atoms with Crippen molar-refractivity contribution in [3.63, 3.8) is 0 Å². The monoisotopic (exact) mass is 528 g/mol. The SMILES string of the molecule is CN1C(=O)C2(Cl)CC3C(=CCC4C(=O)N(c5ccccc5)C(=O)C43)C(c3ccc(CO)o3)C2(Cl)C1=O. The van der Waals surface area contributed by atoms with Gasteiger partial charge >= 0.3 is 0 Å². The van der Waals surface area contributed by atoms with E-state index in [1.807, 2.05) is 6.08 Å². The van der Waals surface area contributed by atoms with Crippen molar-refractivity contribution in [2.75, 3.05) is 11.9 Å². The highest BCUT2D eigenvalue weighted by molar-refractivity contribution is 6.53. The summed E-state index contributed by atoms with van der Waals surface area (Å²) in [6.07, 6.45) is 2.04. The number of carbonyl (C=O) groups is 4. The number of hydrogen-bond donors (Lipinski definition) is 1. The topological polar surface area (TPSA) is 108 Å². The number of benzene rings is 1. The molecular weight excluding hydrogens is 507 g/mol. The van der Waals surface area contributed by atoms with Gasteiger partial charge in [0.25, 0.3) is 11.8 Å². The number of allylic oxidation sites excluding steroid dienone is 2. The summed E-state index contributed by atoms with van der Waals surface area (Å²) in [5, 5.41) is 9.56. The summed E-state index contributed by atoms with van der Waals surface area (Å²) in [6, 6.07) is 11.9. The van der Waals surface area contributed by atoms with Gasteiger partial charge in [0.1, 0.15) is 18.1 Å². The van der Waals surface area contributed by atoms with Gasteiger partial charge in [-0.3, -0.25) is 29.0 Å². The molecule has 6 atom stereocenters. The zero-order valence-electron chi connectivity index (χ0n) is 19.2. The van der Waals surface area contributed by atoms with Gasteiger partial charge in [0.2, 0.25) is 11.8 Å². The molecule has 1 aromatic carbocycles. The summed E-state index contributed by atoms with van der Waals surface area (Å²) in [7, 11) is 1.33. The molecule has 1 saturated carbocycles. The Balaban J connectivity index is 1.51. The third kappa shape index (κ3) is 2.75. The van der Waals surface area contributed by atoms with E-state index in [1.165, 1.54) is 11.9 Å². The number of aliphatic hydroxyl groups is 1. The first kappa shape index (κ1) is 23.5. The van der Waals surface area contributed by atoms with Gasteiger partial charge in [0, 0.05) is 7.05 Å². The summed E-state index contributed by atoms with van der Waals surface area (Å²) in [6.45, 7) is -0.368. The number of rotatable bonds is 3. The highest BCUT2D eigenvalue weighted by Crippen LogP contribution is 2.65. The largest absolute Gasteiger partial charge is 0.463 e. The molecule has 1 N–H and O–H groups in total. The molecule has 3 heterocycles. The number of nitrogens with zero attached hydrogens (tertiary/aromatic N) is 2. The second-order valence-electron chi connectivity index (χ2n) is 9.81. The number of halogens is 2. The van der Waals surface area contributed by atoms with Crippen LogP contribution < -0.4 is 4.90 Å². The molecule has 6 unspecified atom stereocenters. The van der Waals surface area contributed by atoms with E-state index < -0.39 is 45.2 Å². The van der Waals surface area contributed by atoms with Crippen LogP contribution in [0.3, 0.4) is 0 Å². The Labute approximate surface area is 216 Å².